The maximum atomic E-state index is 11.1. The summed E-state index contributed by atoms with van der Waals surface area (Å²) in [6, 6.07) is -2.00. The number of hydrogen-bond acceptors (Lipinski definition) is 5. The van der Waals surface area contributed by atoms with E-state index in [1.165, 1.54) is 0 Å². The third kappa shape index (κ3) is 1.83. The summed E-state index contributed by atoms with van der Waals surface area (Å²) < 4.78 is 15.7. The van der Waals surface area contributed by atoms with E-state index >= 15 is 0 Å². The number of carbonyl (C=O) groups is 2. The molecule has 0 aromatic carbocycles. The Hall–Kier alpha value is -0.990. The minimum absolute atomic E-state index is 0.00794. The second kappa shape index (κ2) is 4.11. The van der Waals surface area contributed by atoms with Gasteiger partial charge in [-0.05, 0) is 0 Å². The lowest BCUT2D eigenvalue weighted by Gasteiger charge is -2.38. The van der Waals surface area contributed by atoms with Gasteiger partial charge in [-0.15, -0.1) is 0 Å². The molecule has 2 unspecified atom stereocenters. The lowest BCUT2D eigenvalue weighted by molar-refractivity contribution is -0.172. The summed E-state index contributed by atoms with van der Waals surface area (Å²) in [5, 5.41) is 16.7. The summed E-state index contributed by atoms with van der Waals surface area (Å²) >= 11 is 0. The zero-order valence-corrected chi connectivity index (χ0v) is 8.76. The lowest BCUT2D eigenvalue weighted by atomic mass is 10.1. The van der Waals surface area contributed by atoms with E-state index in [0.29, 0.717) is 0 Å². The van der Waals surface area contributed by atoms with E-state index in [1.807, 2.05) is 0 Å². The Bertz CT molecular complexity index is 364. The Morgan fingerprint density at radius 1 is 1.38 bits per heavy atom. The van der Waals surface area contributed by atoms with Crippen molar-refractivity contribution >= 4 is 19.5 Å². The Morgan fingerprint density at radius 2 is 1.94 bits per heavy atom. The number of nitrogens with one attached hydrogen (secondary N) is 1. The summed E-state index contributed by atoms with van der Waals surface area (Å²) in [6.07, 6.45) is 0. The third-order valence-corrected chi connectivity index (χ3v) is 3.59. The molecule has 0 spiro atoms. The molecule has 1 rings (SSSR count). The van der Waals surface area contributed by atoms with E-state index < -0.39 is 30.9 Å². The molecule has 1 heterocycles. The Labute approximate surface area is 89.2 Å². The van der Waals surface area contributed by atoms with E-state index in [0.717, 1.165) is 0 Å². The molecule has 92 valence electrons. The molecule has 5 N–H and O–H groups in total. The normalized spacial score (nSPS) is 31.0. The maximum Gasteiger partial charge on any atom is 0.371 e. The Balaban J connectivity index is 3.30. The summed E-state index contributed by atoms with van der Waals surface area (Å²) in [5.41, 5.74) is 0. The van der Waals surface area contributed by atoms with Gasteiger partial charge in [0.2, 0.25) is 0 Å². The number of carboxylic acids is 2. The summed E-state index contributed by atoms with van der Waals surface area (Å²) in [7, 11) is -5.30. The van der Waals surface area contributed by atoms with Gasteiger partial charge in [-0.3, -0.25) is 14.7 Å². The highest BCUT2D eigenvalue weighted by Gasteiger charge is 2.65. The first kappa shape index (κ1) is 13.1. The standard InChI is InChI=1S/C6H10NO8P/c8-4(9)3-6(5(10)11,16(12,13)14)15-2-1-7-3/h3,7H,1-2H2,(H,8,9)(H,10,11)(H2,12,13,14). The highest BCUT2D eigenvalue weighted by Crippen LogP contribution is 2.54. The molecule has 0 aromatic heterocycles. The van der Waals surface area contributed by atoms with Gasteiger partial charge in [-0.25, -0.2) is 4.79 Å². The van der Waals surface area contributed by atoms with Crippen molar-refractivity contribution in [1.29, 1.82) is 0 Å². The zero-order chi connectivity index (χ0) is 12.6. The maximum absolute atomic E-state index is 11.1. The van der Waals surface area contributed by atoms with Crippen molar-refractivity contribution in [3.8, 4) is 0 Å². The molecule has 0 saturated carbocycles. The molecule has 1 aliphatic rings. The van der Waals surface area contributed by atoms with Crippen LogP contribution in [0.15, 0.2) is 0 Å². The van der Waals surface area contributed by atoms with Crippen molar-refractivity contribution in [2.45, 2.75) is 11.4 Å². The van der Waals surface area contributed by atoms with Crippen LogP contribution in [0.5, 0.6) is 0 Å². The molecule has 1 saturated heterocycles. The molecule has 2 atom stereocenters. The highest BCUT2D eigenvalue weighted by atomic mass is 31.2. The van der Waals surface area contributed by atoms with Crippen LogP contribution in [-0.2, 0) is 18.9 Å². The van der Waals surface area contributed by atoms with Crippen LogP contribution in [0.4, 0.5) is 0 Å². The van der Waals surface area contributed by atoms with Crippen LogP contribution in [-0.4, -0.2) is 56.5 Å². The van der Waals surface area contributed by atoms with Gasteiger partial charge in [0.15, 0.2) is 6.04 Å². The first-order valence-electron chi connectivity index (χ1n) is 4.12. The second-order valence-electron chi connectivity index (χ2n) is 3.12. The van der Waals surface area contributed by atoms with Crippen molar-refractivity contribution in [2.24, 2.45) is 0 Å². The lowest BCUT2D eigenvalue weighted by Crippen LogP contribution is -2.65. The number of morpholine rings is 1. The van der Waals surface area contributed by atoms with Gasteiger partial charge in [0.1, 0.15) is 0 Å². The number of ether oxygens (including phenoxy) is 1. The zero-order valence-electron chi connectivity index (χ0n) is 7.86. The summed E-state index contributed by atoms with van der Waals surface area (Å²) in [5.74, 6) is -3.72. The molecule has 10 heteroatoms. The van der Waals surface area contributed by atoms with Crippen LogP contribution in [0.3, 0.4) is 0 Å². The van der Waals surface area contributed by atoms with E-state index in [-0.39, 0.29) is 13.2 Å². The summed E-state index contributed by atoms with van der Waals surface area (Å²) in [6.45, 7) is -0.312. The summed E-state index contributed by atoms with van der Waals surface area (Å²) in [4.78, 5) is 39.7. The van der Waals surface area contributed by atoms with Crippen LogP contribution in [0, 0.1) is 0 Å². The molecule has 0 radical (unpaired) electrons. The molecule has 9 nitrogen and oxygen atoms in total. The van der Waals surface area contributed by atoms with Gasteiger partial charge in [-0.1, -0.05) is 0 Å². The van der Waals surface area contributed by atoms with E-state index in [2.05, 4.69) is 10.1 Å². The van der Waals surface area contributed by atoms with Gasteiger partial charge < -0.3 is 24.7 Å². The predicted molar refractivity (Wildman–Crippen MR) is 47.8 cm³/mol. The van der Waals surface area contributed by atoms with Gasteiger partial charge in [0.05, 0.1) is 6.61 Å². The molecular weight excluding hydrogens is 245 g/mol. The average Bonchev–Trinajstić information content (AvgIpc) is 2.15. The topological polar surface area (TPSA) is 153 Å². The molecule has 16 heavy (non-hydrogen) atoms. The first-order chi connectivity index (χ1) is 7.23. The average molecular weight is 255 g/mol. The van der Waals surface area contributed by atoms with Crippen LogP contribution >= 0.6 is 7.60 Å². The number of carboxylic acid groups (broad SMARTS) is 2. The number of hydrogen-bond donors (Lipinski definition) is 5. The van der Waals surface area contributed by atoms with Gasteiger partial charge >= 0.3 is 19.5 Å². The molecule has 0 aromatic rings. The van der Waals surface area contributed by atoms with Crippen LogP contribution in [0.2, 0.25) is 0 Å². The van der Waals surface area contributed by atoms with E-state index in [4.69, 9.17) is 20.0 Å². The number of aliphatic carboxylic acids is 2. The SMILES string of the molecule is O=C(O)C1NCCOC1(C(=O)O)P(=O)(O)O. The van der Waals surface area contributed by atoms with Crippen molar-refractivity contribution in [1.82, 2.24) is 5.32 Å². The molecule has 0 bridgehead atoms. The Kier molecular flexibility index (Phi) is 3.36. The van der Waals surface area contributed by atoms with Crippen molar-refractivity contribution in [2.75, 3.05) is 13.2 Å². The van der Waals surface area contributed by atoms with Gasteiger partial charge in [0.25, 0.3) is 5.34 Å². The fraction of sp³-hybridized carbons (Fsp3) is 0.667. The van der Waals surface area contributed by atoms with Crippen molar-refractivity contribution in [3.05, 3.63) is 0 Å². The van der Waals surface area contributed by atoms with Crippen LogP contribution in [0.25, 0.3) is 0 Å². The molecule has 1 aliphatic heterocycles. The number of rotatable bonds is 3. The fourth-order valence-electron chi connectivity index (χ4n) is 1.45. The quantitative estimate of drug-likeness (QED) is 0.361. The van der Waals surface area contributed by atoms with Crippen molar-refractivity contribution in [3.63, 3.8) is 0 Å². The molecule has 1 fully saturated rings. The Morgan fingerprint density at radius 3 is 2.25 bits per heavy atom. The first-order valence-corrected chi connectivity index (χ1v) is 5.74. The van der Waals surface area contributed by atoms with E-state index in [1.54, 1.807) is 0 Å². The van der Waals surface area contributed by atoms with E-state index in [9.17, 15) is 14.2 Å². The minimum Gasteiger partial charge on any atom is -0.480 e. The smallest absolute Gasteiger partial charge is 0.371 e. The van der Waals surface area contributed by atoms with Crippen LogP contribution < -0.4 is 5.32 Å². The second-order valence-corrected chi connectivity index (χ2v) is 4.87. The molecular formula is C6H10NO8P. The van der Waals surface area contributed by atoms with Gasteiger partial charge in [0, 0.05) is 6.54 Å². The minimum atomic E-state index is -5.30. The van der Waals surface area contributed by atoms with Crippen LogP contribution in [0.1, 0.15) is 0 Å². The highest BCUT2D eigenvalue weighted by molar-refractivity contribution is 7.54. The molecule has 0 aliphatic carbocycles. The monoisotopic (exact) mass is 255 g/mol. The van der Waals surface area contributed by atoms with Gasteiger partial charge in [-0.2, -0.15) is 0 Å². The fourth-order valence-corrected chi connectivity index (χ4v) is 2.50. The largest absolute Gasteiger partial charge is 0.480 e. The third-order valence-electron chi connectivity index (χ3n) is 2.15. The molecule has 0 amide bonds. The predicted octanol–water partition coefficient (Wildman–Crippen LogP) is -1.98. The van der Waals surface area contributed by atoms with Crippen molar-refractivity contribution < 1.29 is 38.9 Å².